The van der Waals surface area contributed by atoms with E-state index in [0.29, 0.717) is 17.7 Å². The fourth-order valence-corrected chi connectivity index (χ4v) is 3.65. The highest BCUT2D eigenvalue weighted by atomic mass is 19.1. The molecule has 4 rings (SSSR count). The highest BCUT2D eigenvalue weighted by molar-refractivity contribution is 5.94. The van der Waals surface area contributed by atoms with Gasteiger partial charge in [0.2, 0.25) is 5.91 Å². The van der Waals surface area contributed by atoms with Crippen molar-refractivity contribution < 1.29 is 13.9 Å². The normalized spacial score (nSPS) is 16.0. The molecule has 0 fully saturated rings. The zero-order chi connectivity index (χ0) is 19.0. The topological polar surface area (TPSA) is 56.2 Å². The van der Waals surface area contributed by atoms with Gasteiger partial charge in [-0.1, -0.05) is 36.4 Å². The predicted octanol–water partition coefficient (Wildman–Crippen LogP) is 3.92. The third kappa shape index (κ3) is 3.18. The molecule has 0 saturated carbocycles. The summed E-state index contributed by atoms with van der Waals surface area (Å²) in [6.45, 7) is 2.06. The van der Waals surface area contributed by atoms with Gasteiger partial charge in [0.1, 0.15) is 24.0 Å². The lowest BCUT2D eigenvalue weighted by Gasteiger charge is -2.25. The Morgan fingerprint density at radius 2 is 1.96 bits per heavy atom. The van der Waals surface area contributed by atoms with E-state index in [2.05, 4.69) is 10.4 Å². The van der Waals surface area contributed by atoms with Crippen LogP contribution in [0.15, 0.2) is 48.5 Å². The molecule has 0 unspecified atom stereocenters. The minimum Gasteiger partial charge on any atom is -0.488 e. The third-order valence-corrected chi connectivity index (χ3v) is 4.90. The molecule has 0 saturated heterocycles. The molecule has 6 heteroatoms. The minimum atomic E-state index is -0.294. The zero-order valence-electron chi connectivity index (χ0n) is 15.2. The Labute approximate surface area is 156 Å². The number of nitrogens with one attached hydrogen (secondary N) is 1. The summed E-state index contributed by atoms with van der Waals surface area (Å²) in [4.78, 5) is 12.3. The Bertz CT molecular complexity index is 1010. The summed E-state index contributed by atoms with van der Waals surface area (Å²) in [6, 6.07) is 14.2. The van der Waals surface area contributed by atoms with Crippen LogP contribution in [0, 0.1) is 12.7 Å². The van der Waals surface area contributed by atoms with E-state index in [0.717, 1.165) is 22.6 Å². The quantitative estimate of drug-likeness (QED) is 0.762. The maximum Gasteiger partial charge on any atom is 0.226 e. The van der Waals surface area contributed by atoms with Crippen LogP contribution in [0.2, 0.25) is 0 Å². The summed E-state index contributed by atoms with van der Waals surface area (Å²) in [5, 5.41) is 7.35. The number of anilines is 1. The second-order valence-corrected chi connectivity index (χ2v) is 6.69. The van der Waals surface area contributed by atoms with Gasteiger partial charge in [0.05, 0.1) is 5.69 Å². The Kier molecular flexibility index (Phi) is 4.39. The molecule has 2 heterocycles. The fourth-order valence-electron chi connectivity index (χ4n) is 3.65. The molecule has 0 bridgehead atoms. The van der Waals surface area contributed by atoms with Crippen LogP contribution in [0.25, 0.3) is 0 Å². The molecule has 1 atom stereocenters. The van der Waals surface area contributed by atoms with E-state index < -0.39 is 0 Å². The highest BCUT2D eigenvalue weighted by Crippen LogP contribution is 2.42. The molecule has 1 aliphatic heterocycles. The van der Waals surface area contributed by atoms with Gasteiger partial charge in [0.25, 0.3) is 0 Å². The van der Waals surface area contributed by atoms with Gasteiger partial charge in [-0.2, -0.15) is 5.10 Å². The van der Waals surface area contributed by atoms with E-state index in [1.165, 1.54) is 6.07 Å². The number of hydrogen-bond donors (Lipinski definition) is 1. The molecular formula is C21H20FN3O2. The summed E-state index contributed by atoms with van der Waals surface area (Å²) in [6.07, 6.45) is 0.319. The summed E-state index contributed by atoms with van der Waals surface area (Å²) >= 11 is 0. The molecule has 138 valence electrons. The maximum atomic E-state index is 13.9. The highest BCUT2D eigenvalue weighted by Gasteiger charge is 2.33. The fraction of sp³-hybridized carbons (Fsp3) is 0.238. The SMILES string of the molecule is Cc1nn(C)c2c1[C@@H](c1ccccc1OCc1ccccc1F)CC(=O)N2. The number of hydrogen-bond acceptors (Lipinski definition) is 3. The summed E-state index contributed by atoms with van der Waals surface area (Å²) in [7, 11) is 1.81. The number of nitrogens with zero attached hydrogens (tertiary/aromatic N) is 2. The Morgan fingerprint density at radius 1 is 1.22 bits per heavy atom. The van der Waals surface area contributed by atoms with Crippen LogP contribution in [0.3, 0.4) is 0 Å². The number of ether oxygens (including phenoxy) is 1. The summed E-state index contributed by atoms with van der Waals surface area (Å²) < 4.78 is 21.6. The second kappa shape index (κ2) is 6.87. The molecule has 1 N–H and O–H groups in total. The first-order valence-electron chi connectivity index (χ1n) is 8.83. The number of carbonyl (C=O) groups excluding carboxylic acids is 1. The molecule has 2 aromatic carbocycles. The zero-order valence-corrected chi connectivity index (χ0v) is 15.2. The number of benzene rings is 2. The predicted molar refractivity (Wildman–Crippen MR) is 100 cm³/mol. The van der Waals surface area contributed by atoms with Crippen LogP contribution in [0.4, 0.5) is 10.2 Å². The van der Waals surface area contributed by atoms with Gasteiger partial charge in [0, 0.05) is 36.1 Å². The number of carbonyl (C=O) groups is 1. The van der Waals surface area contributed by atoms with Crippen LogP contribution in [0.5, 0.6) is 5.75 Å². The van der Waals surface area contributed by atoms with Gasteiger partial charge in [-0.3, -0.25) is 9.48 Å². The molecule has 0 radical (unpaired) electrons. The van der Waals surface area contributed by atoms with E-state index in [4.69, 9.17) is 4.74 Å². The summed E-state index contributed by atoms with van der Waals surface area (Å²) in [5.41, 5.74) is 3.27. The Balaban J connectivity index is 1.70. The van der Waals surface area contributed by atoms with Crippen LogP contribution >= 0.6 is 0 Å². The number of halogens is 1. The largest absolute Gasteiger partial charge is 0.488 e. The van der Waals surface area contributed by atoms with Crippen molar-refractivity contribution in [1.82, 2.24) is 9.78 Å². The average molecular weight is 365 g/mol. The van der Waals surface area contributed by atoms with Crippen molar-refractivity contribution in [3.05, 3.63) is 76.7 Å². The van der Waals surface area contributed by atoms with Gasteiger partial charge in [0.15, 0.2) is 0 Å². The molecular weight excluding hydrogens is 345 g/mol. The van der Waals surface area contributed by atoms with Gasteiger partial charge in [-0.15, -0.1) is 0 Å². The monoisotopic (exact) mass is 365 g/mol. The van der Waals surface area contributed by atoms with E-state index >= 15 is 0 Å². The van der Waals surface area contributed by atoms with Crippen molar-refractivity contribution in [3.8, 4) is 5.75 Å². The molecule has 1 aliphatic rings. The van der Waals surface area contributed by atoms with Crippen molar-refractivity contribution in [2.24, 2.45) is 7.05 Å². The number of fused-ring (bicyclic) bond motifs is 1. The number of para-hydroxylation sites is 1. The van der Waals surface area contributed by atoms with Crippen molar-refractivity contribution in [1.29, 1.82) is 0 Å². The van der Waals surface area contributed by atoms with E-state index in [-0.39, 0.29) is 24.2 Å². The van der Waals surface area contributed by atoms with Crippen LogP contribution in [0.1, 0.15) is 34.7 Å². The number of aromatic nitrogens is 2. The number of amides is 1. The van der Waals surface area contributed by atoms with Crippen molar-refractivity contribution in [2.45, 2.75) is 25.9 Å². The van der Waals surface area contributed by atoms with Crippen molar-refractivity contribution in [3.63, 3.8) is 0 Å². The minimum absolute atomic E-state index is 0.0561. The lowest BCUT2D eigenvalue weighted by Crippen LogP contribution is -2.25. The molecule has 3 aromatic rings. The average Bonchev–Trinajstić information content (AvgIpc) is 2.94. The first-order chi connectivity index (χ1) is 13.0. The maximum absolute atomic E-state index is 13.9. The first kappa shape index (κ1) is 17.3. The standard InChI is InChI=1S/C21H20FN3O2/c1-13-20-16(11-19(26)23-21(20)25(2)24-13)15-8-4-6-10-18(15)27-12-14-7-3-5-9-17(14)22/h3-10,16H,11-12H2,1-2H3,(H,23,26)/t16-/m1/s1. The van der Waals surface area contributed by atoms with Crippen LogP contribution in [-0.2, 0) is 18.4 Å². The van der Waals surface area contributed by atoms with E-state index in [1.807, 2.05) is 38.2 Å². The Morgan fingerprint density at radius 3 is 2.78 bits per heavy atom. The molecule has 27 heavy (non-hydrogen) atoms. The number of rotatable bonds is 4. The molecule has 0 spiro atoms. The number of aryl methyl sites for hydroxylation is 2. The van der Waals surface area contributed by atoms with Gasteiger partial charge in [-0.05, 0) is 19.1 Å². The summed E-state index contributed by atoms with van der Waals surface area (Å²) in [5.74, 6) is 0.864. The van der Waals surface area contributed by atoms with E-state index in [9.17, 15) is 9.18 Å². The van der Waals surface area contributed by atoms with Gasteiger partial charge < -0.3 is 10.1 Å². The smallest absolute Gasteiger partial charge is 0.226 e. The van der Waals surface area contributed by atoms with Crippen molar-refractivity contribution in [2.75, 3.05) is 5.32 Å². The molecule has 5 nitrogen and oxygen atoms in total. The van der Waals surface area contributed by atoms with E-state index in [1.54, 1.807) is 22.9 Å². The van der Waals surface area contributed by atoms with Crippen LogP contribution in [-0.4, -0.2) is 15.7 Å². The lowest BCUT2D eigenvalue weighted by atomic mass is 9.85. The van der Waals surface area contributed by atoms with Gasteiger partial charge >= 0.3 is 0 Å². The van der Waals surface area contributed by atoms with Crippen LogP contribution < -0.4 is 10.1 Å². The third-order valence-electron chi connectivity index (χ3n) is 4.90. The molecule has 1 aromatic heterocycles. The lowest BCUT2D eigenvalue weighted by molar-refractivity contribution is -0.116. The first-order valence-corrected chi connectivity index (χ1v) is 8.83. The van der Waals surface area contributed by atoms with Gasteiger partial charge in [-0.25, -0.2) is 4.39 Å². The Hall–Kier alpha value is -3.15. The second-order valence-electron chi connectivity index (χ2n) is 6.69. The molecule has 0 aliphatic carbocycles. The molecule has 1 amide bonds. The van der Waals surface area contributed by atoms with Crippen molar-refractivity contribution >= 4 is 11.7 Å².